The van der Waals surface area contributed by atoms with Crippen LogP contribution in [-0.4, -0.2) is 74.0 Å². The number of likely N-dealkylation sites (tertiary alicyclic amines) is 1. The third-order valence-corrected chi connectivity index (χ3v) is 3.38. The maximum atomic E-state index is 4.47. The molecule has 4 nitrogen and oxygen atoms in total. The van der Waals surface area contributed by atoms with E-state index in [1.165, 1.54) is 31.9 Å². The minimum absolute atomic E-state index is 1.12. The van der Waals surface area contributed by atoms with Crippen molar-refractivity contribution in [1.29, 1.82) is 0 Å². The van der Waals surface area contributed by atoms with Gasteiger partial charge in [-0.3, -0.25) is 4.99 Å². The monoisotopic (exact) mass is 240 g/mol. The summed E-state index contributed by atoms with van der Waals surface area (Å²) in [5.74, 6) is 1.22. The van der Waals surface area contributed by atoms with Crippen LogP contribution in [0.25, 0.3) is 0 Å². The third kappa shape index (κ3) is 3.87. The molecule has 0 aromatic rings. The van der Waals surface area contributed by atoms with Crippen LogP contribution in [0.5, 0.6) is 0 Å². The van der Waals surface area contributed by atoms with Gasteiger partial charge in [0.1, 0.15) is 0 Å². The first-order chi connectivity index (χ1) is 8.31. The second kappa shape index (κ2) is 7.54. The summed E-state index contributed by atoms with van der Waals surface area (Å²) in [4.78, 5) is 11.7. The first-order valence-corrected chi connectivity index (χ1v) is 6.96. The SMILES string of the molecule is CC.CN=C(N1CCCC1)N1CCN(C)CC1. The quantitative estimate of drug-likeness (QED) is 0.471. The Labute approximate surface area is 106 Å². The van der Waals surface area contributed by atoms with Crippen LogP contribution in [0.1, 0.15) is 26.7 Å². The molecule has 0 bridgehead atoms. The zero-order chi connectivity index (χ0) is 12.7. The number of rotatable bonds is 0. The van der Waals surface area contributed by atoms with E-state index in [0.29, 0.717) is 0 Å². The summed E-state index contributed by atoms with van der Waals surface area (Å²) >= 11 is 0. The Hall–Kier alpha value is -0.770. The molecule has 0 N–H and O–H groups in total. The summed E-state index contributed by atoms with van der Waals surface area (Å²) in [6, 6.07) is 0. The van der Waals surface area contributed by atoms with Crippen LogP contribution in [0, 0.1) is 0 Å². The van der Waals surface area contributed by atoms with Gasteiger partial charge < -0.3 is 14.7 Å². The van der Waals surface area contributed by atoms with Crippen molar-refractivity contribution in [3.8, 4) is 0 Å². The highest BCUT2D eigenvalue weighted by Crippen LogP contribution is 2.12. The zero-order valence-electron chi connectivity index (χ0n) is 11.9. The molecule has 0 atom stereocenters. The van der Waals surface area contributed by atoms with E-state index in [2.05, 4.69) is 26.7 Å². The van der Waals surface area contributed by atoms with Gasteiger partial charge in [0, 0.05) is 46.3 Å². The molecule has 100 valence electrons. The van der Waals surface area contributed by atoms with Crippen molar-refractivity contribution < 1.29 is 0 Å². The molecule has 0 spiro atoms. The molecule has 0 aromatic heterocycles. The molecular formula is C13H28N4. The number of hydrogen-bond donors (Lipinski definition) is 0. The third-order valence-electron chi connectivity index (χ3n) is 3.38. The average molecular weight is 240 g/mol. The van der Waals surface area contributed by atoms with Gasteiger partial charge in [-0.15, -0.1) is 0 Å². The highest BCUT2D eigenvalue weighted by Gasteiger charge is 2.23. The van der Waals surface area contributed by atoms with Crippen LogP contribution in [0.15, 0.2) is 4.99 Å². The summed E-state index contributed by atoms with van der Waals surface area (Å²) < 4.78 is 0. The highest BCUT2D eigenvalue weighted by molar-refractivity contribution is 5.80. The molecule has 2 heterocycles. The van der Waals surface area contributed by atoms with E-state index < -0.39 is 0 Å². The minimum atomic E-state index is 1.12. The Kier molecular flexibility index (Phi) is 6.34. The van der Waals surface area contributed by atoms with Crippen molar-refractivity contribution in [2.24, 2.45) is 4.99 Å². The van der Waals surface area contributed by atoms with Crippen molar-refractivity contribution in [1.82, 2.24) is 14.7 Å². The van der Waals surface area contributed by atoms with Crippen LogP contribution in [0.4, 0.5) is 0 Å². The van der Waals surface area contributed by atoms with Crippen molar-refractivity contribution in [2.45, 2.75) is 26.7 Å². The number of piperazine rings is 1. The second-order valence-corrected chi connectivity index (χ2v) is 4.51. The normalized spacial score (nSPS) is 22.5. The van der Waals surface area contributed by atoms with Gasteiger partial charge in [-0.25, -0.2) is 0 Å². The molecule has 2 aliphatic heterocycles. The number of likely N-dealkylation sites (N-methyl/N-ethyl adjacent to an activating group) is 1. The topological polar surface area (TPSA) is 22.1 Å². The van der Waals surface area contributed by atoms with Gasteiger partial charge in [0.25, 0.3) is 0 Å². The van der Waals surface area contributed by atoms with Gasteiger partial charge in [0.2, 0.25) is 0 Å². The lowest BCUT2D eigenvalue weighted by molar-refractivity contribution is 0.200. The van der Waals surface area contributed by atoms with Gasteiger partial charge >= 0.3 is 0 Å². The van der Waals surface area contributed by atoms with Crippen molar-refractivity contribution in [3.63, 3.8) is 0 Å². The Balaban J connectivity index is 0.000000686. The van der Waals surface area contributed by atoms with E-state index in [4.69, 9.17) is 0 Å². The molecule has 0 radical (unpaired) electrons. The summed E-state index contributed by atoms with van der Waals surface area (Å²) in [6.07, 6.45) is 2.65. The second-order valence-electron chi connectivity index (χ2n) is 4.51. The number of guanidine groups is 1. The molecule has 0 saturated carbocycles. The van der Waals surface area contributed by atoms with E-state index in [-0.39, 0.29) is 0 Å². The molecule has 0 aliphatic carbocycles. The summed E-state index contributed by atoms with van der Waals surface area (Å²) in [6.45, 7) is 11.0. The molecule has 4 heteroatoms. The zero-order valence-corrected chi connectivity index (χ0v) is 11.9. The lowest BCUT2D eigenvalue weighted by Crippen LogP contribution is -2.52. The van der Waals surface area contributed by atoms with Crippen molar-refractivity contribution in [2.75, 3.05) is 53.4 Å². The fraction of sp³-hybridized carbons (Fsp3) is 0.923. The van der Waals surface area contributed by atoms with E-state index in [1.807, 2.05) is 20.9 Å². The van der Waals surface area contributed by atoms with Crippen LogP contribution < -0.4 is 0 Å². The van der Waals surface area contributed by atoms with Gasteiger partial charge in [0.05, 0.1) is 0 Å². The molecule has 2 fully saturated rings. The average Bonchev–Trinajstić information content (AvgIpc) is 2.89. The van der Waals surface area contributed by atoms with Gasteiger partial charge in [0.15, 0.2) is 5.96 Å². The molecule has 0 amide bonds. The Morgan fingerprint density at radius 1 is 0.824 bits per heavy atom. The fourth-order valence-corrected chi connectivity index (χ4v) is 2.41. The smallest absolute Gasteiger partial charge is 0.196 e. The molecule has 2 saturated heterocycles. The maximum Gasteiger partial charge on any atom is 0.196 e. The van der Waals surface area contributed by atoms with Gasteiger partial charge in [-0.1, -0.05) is 13.8 Å². The van der Waals surface area contributed by atoms with Crippen molar-refractivity contribution in [3.05, 3.63) is 0 Å². The van der Waals surface area contributed by atoms with Crippen LogP contribution >= 0.6 is 0 Å². The largest absolute Gasteiger partial charge is 0.343 e. The summed E-state index contributed by atoms with van der Waals surface area (Å²) in [5, 5.41) is 0. The molecule has 17 heavy (non-hydrogen) atoms. The standard InChI is InChI=1S/C11H22N4.C2H6/c1-12-11(14-5-3-4-6-14)15-9-7-13(2)8-10-15;1-2/h3-10H2,1-2H3;1-2H3. The lowest BCUT2D eigenvalue weighted by Gasteiger charge is -2.37. The van der Waals surface area contributed by atoms with E-state index in [0.717, 1.165) is 26.2 Å². The molecule has 2 aliphatic rings. The molecule has 0 unspecified atom stereocenters. The van der Waals surface area contributed by atoms with Gasteiger partial charge in [-0.05, 0) is 19.9 Å². The minimum Gasteiger partial charge on any atom is -0.343 e. The number of aliphatic imine (C=N–C) groups is 1. The van der Waals surface area contributed by atoms with Gasteiger partial charge in [-0.2, -0.15) is 0 Å². The molecule has 0 aromatic carbocycles. The maximum absolute atomic E-state index is 4.47. The van der Waals surface area contributed by atoms with Crippen molar-refractivity contribution >= 4 is 5.96 Å². The molecular weight excluding hydrogens is 212 g/mol. The van der Waals surface area contributed by atoms with E-state index in [1.54, 1.807) is 0 Å². The fourth-order valence-electron chi connectivity index (χ4n) is 2.41. The summed E-state index contributed by atoms with van der Waals surface area (Å²) in [5.41, 5.74) is 0. The molecule has 2 rings (SSSR count). The predicted molar refractivity (Wildman–Crippen MR) is 74.6 cm³/mol. The van der Waals surface area contributed by atoms with Crippen LogP contribution in [-0.2, 0) is 0 Å². The first-order valence-electron chi connectivity index (χ1n) is 6.96. The van der Waals surface area contributed by atoms with Crippen LogP contribution in [0.2, 0.25) is 0 Å². The number of nitrogens with zero attached hydrogens (tertiary/aromatic N) is 4. The van der Waals surface area contributed by atoms with Crippen LogP contribution in [0.3, 0.4) is 0 Å². The Bertz CT molecular complexity index is 226. The summed E-state index contributed by atoms with van der Waals surface area (Å²) in [7, 11) is 4.11. The highest BCUT2D eigenvalue weighted by atomic mass is 15.4. The lowest BCUT2D eigenvalue weighted by atomic mass is 10.3. The van der Waals surface area contributed by atoms with E-state index in [9.17, 15) is 0 Å². The first kappa shape index (κ1) is 14.3. The Morgan fingerprint density at radius 2 is 1.29 bits per heavy atom. The number of hydrogen-bond acceptors (Lipinski definition) is 2. The predicted octanol–water partition coefficient (Wildman–Crippen LogP) is 1.34. The Morgan fingerprint density at radius 3 is 1.76 bits per heavy atom. The van der Waals surface area contributed by atoms with E-state index >= 15 is 0 Å².